The fourth-order valence-electron chi connectivity index (χ4n) is 0.781. The van der Waals surface area contributed by atoms with Gasteiger partial charge in [0.15, 0.2) is 11.1 Å². The van der Waals surface area contributed by atoms with Gasteiger partial charge in [-0.2, -0.15) is 13.2 Å². The molecule has 7 heteroatoms. The van der Waals surface area contributed by atoms with Crippen LogP contribution in [0.5, 0.6) is 0 Å². The summed E-state index contributed by atoms with van der Waals surface area (Å²) >= 11 is -2.37. The van der Waals surface area contributed by atoms with Gasteiger partial charge in [-0.3, -0.25) is 0 Å². The second-order valence-electron chi connectivity index (χ2n) is 2.27. The van der Waals surface area contributed by atoms with Crippen LogP contribution in [0.15, 0.2) is 29.2 Å². The summed E-state index contributed by atoms with van der Waals surface area (Å²) in [5, 5.41) is 0. The van der Waals surface area contributed by atoms with Crippen LogP contribution < -0.4 is 0 Å². The van der Waals surface area contributed by atoms with Crippen molar-refractivity contribution in [3.8, 4) is 0 Å². The quantitative estimate of drug-likeness (QED) is 0.594. The second kappa shape index (κ2) is 5.27. The van der Waals surface area contributed by atoms with Crippen molar-refractivity contribution in [2.24, 2.45) is 0 Å². The van der Waals surface area contributed by atoms with Crippen molar-refractivity contribution in [3.05, 3.63) is 29.8 Å². The minimum atomic E-state index is -4.48. The molecule has 0 saturated carbocycles. The minimum absolute atomic E-state index is 0. The first-order chi connectivity index (χ1) is 5.91. The molecule has 1 aromatic rings. The van der Waals surface area contributed by atoms with Crippen molar-refractivity contribution in [1.29, 1.82) is 0 Å². The van der Waals surface area contributed by atoms with Gasteiger partial charge < -0.3 is 4.55 Å². The van der Waals surface area contributed by atoms with E-state index < -0.39 is 22.8 Å². The minimum Gasteiger partial charge on any atom is -0.302 e. The number of hydrogen-bond acceptors (Lipinski definition) is 1. The van der Waals surface area contributed by atoms with Crippen LogP contribution >= 0.6 is 0 Å². The first kappa shape index (κ1) is 14.1. The summed E-state index contributed by atoms with van der Waals surface area (Å²) in [4.78, 5) is -0.255. The topological polar surface area (TPSA) is 37.3 Å². The summed E-state index contributed by atoms with van der Waals surface area (Å²) in [6.07, 6.45) is -4.48. The zero-order valence-corrected chi connectivity index (χ0v) is 10.0. The molecular weight excluding hydrogens is 228 g/mol. The van der Waals surface area contributed by atoms with Crippen LogP contribution in [0.4, 0.5) is 13.2 Å². The fourth-order valence-corrected chi connectivity index (χ4v) is 1.20. The maximum absolute atomic E-state index is 12.1. The van der Waals surface area contributed by atoms with Crippen molar-refractivity contribution < 1.29 is 21.9 Å². The van der Waals surface area contributed by atoms with Crippen molar-refractivity contribution in [3.63, 3.8) is 0 Å². The Morgan fingerprint density at radius 1 is 1.29 bits per heavy atom. The molecule has 0 saturated heterocycles. The van der Waals surface area contributed by atoms with Crippen molar-refractivity contribution in [1.82, 2.24) is 0 Å². The maximum Gasteiger partial charge on any atom is 0.416 e. The molecule has 1 radical (unpaired) electrons. The molecule has 73 valence electrons. The first-order valence-corrected chi connectivity index (χ1v) is 4.30. The normalized spacial score (nSPS) is 13.1. The van der Waals surface area contributed by atoms with Gasteiger partial charge in [-0.1, -0.05) is 6.07 Å². The van der Waals surface area contributed by atoms with Gasteiger partial charge >= 0.3 is 6.18 Å². The van der Waals surface area contributed by atoms with Gasteiger partial charge in [-0.15, -0.1) is 0 Å². The van der Waals surface area contributed by atoms with Gasteiger partial charge in [0, 0.05) is 29.6 Å². The molecule has 1 unspecified atom stereocenters. The zero-order chi connectivity index (χ0) is 10.1. The van der Waals surface area contributed by atoms with Crippen molar-refractivity contribution in [2.75, 3.05) is 0 Å². The average Bonchev–Trinajstić information content (AvgIpc) is 2.03. The predicted octanol–water partition coefficient (Wildman–Crippen LogP) is 1.91. The Morgan fingerprint density at radius 3 is 2.29 bits per heavy atom. The Balaban J connectivity index is 0.00000169. The summed E-state index contributed by atoms with van der Waals surface area (Å²) in [5.41, 5.74) is -0.924. The van der Waals surface area contributed by atoms with Gasteiger partial charge in [0.2, 0.25) is 0 Å². The SMILES string of the molecule is O=S(O)c1cccc(C(F)(F)F)c1.[Na]. The van der Waals surface area contributed by atoms with Gasteiger partial charge in [-0.25, -0.2) is 4.21 Å². The van der Waals surface area contributed by atoms with Crippen LogP contribution in [0.2, 0.25) is 0 Å². The van der Waals surface area contributed by atoms with Crippen LogP contribution in [0, 0.1) is 0 Å². The van der Waals surface area contributed by atoms with E-state index in [1.807, 2.05) is 0 Å². The summed E-state index contributed by atoms with van der Waals surface area (Å²) < 4.78 is 55.1. The molecule has 0 fully saturated rings. The molecule has 0 spiro atoms. The molecule has 1 atom stereocenters. The predicted molar refractivity (Wildman–Crippen MR) is 46.2 cm³/mol. The van der Waals surface area contributed by atoms with E-state index in [2.05, 4.69) is 0 Å². The van der Waals surface area contributed by atoms with Gasteiger partial charge in [0.05, 0.1) is 10.5 Å². The number of alkyl halides is 3. The molecule has 0 amide bonds. The van der Waals surface area contributed by atoms with Crippen LogP contribution in [0.3, 0.4) is 0 Å². The smallest absolute Gasteiger partial charge is 0.302 e. The molecule has 0 bridgehead atoms. The van der Waals surface area contributed by atoms with E-state index in [0.717, 1.165) is 18.2 Å². The maximum atomic E-state index is 12.1. The van der Waals surface area contributed by atoms with E-state index in [1.165, 1.54) is 0 Å². The third-order valence-electron chi connectivity index (χ3n) is 1.36. The molecule has 0 aromatic heterocycles. The summed E-state index contributed by atoms with van der Waals surface area (Å²) in [7, 11) is 0. The third-order valence-corrected chi connectivity index (χ3v) is 2.02. The fraction of sp³-hybridized carbons (Fsp3) is 0.143. The molecule has 1 rings (SSSR count). The van der Waals surface area contributed by atoms with E-state index in [1.54, 1.807) is 0 Å². The molecule has 1 N–H and O–H groups in total. The Labute approximate surface area is 103 Å². The van der Waals surface area contributed by atoms with E-state index in [-0.39, 0.29) is 34.5 Å². The number of halogens is 3. The van der Waals surface area contributed by atoms with Gasteiger partial charge in [0.1, 0.15) is 0 Å². The average molecular weight is 233 g/mol. The molecular formula is C7H5F3NaO2S. The van der Waals surface area contributed by atoms with E-state index >= 15 is 0 Å². The summed E-state index contributed by atoms with van der Waals surface area (Å²) in [6.45, 7) is 0. The molecule has 2 nitrogen and oxygen atoms in total. The Morgan fingerprint density at radius 2 is 1.86 bits per heavy atom. The molecule has 0 aliphatic carbocycles. The second-order valence-corrected chi connectivity index (χ2v) is 3.24. The molecule has 0 aliphatic rings. The van der Waals surface area contributed by atoms with Gasteiger partial charge in [0.25, 0.3) is 0 Å². The third kappa shape index (κ3) is 3.70. The van der Waals surface area contributed by atoms with Crippen LogP contribution in [-0.2, 0) is 17.3 Å². The monoisotopic (exact) mass is 233 g/mol. The Bertz CT molecular complexity index is 340. The largest absolute Gasteiger partial charge is 0.416 e. The van der Waals surface area contributed by atoms with E-state index in [0.29, 0.717) is 6.07 Å². The van der Waals surface area contributed by atoms with Crippen LogP contribution in [0.25, 0.3) is 0 Å². The molecule has 1 aromatic carbocycles. The number of benzene rings is 1. The van der Waals surface area contributed by atoms with E-state index in [9.17, 15) is 17.4 Å². The van der Waals surface area contributed by atoms with Crippen LogP contribution in [0.1, 0.15) is 5.56 Å². The summed E-state index contributed by atoms with van der Waals surface area (Å²) in [5.74, 6) is 0. The zero-order valence-electron chi connectivity index (χ0n) is 7.21. The van der Waals surface area contributed by atoms with Gasteiger partial charge in [-0.05, 0) is 18.2 Å². The summed E-state index contributed by atoms with van der Waals surface area (Å²) in [6, 6.07) is 3.74. The van der Waals surface area contributed by atoms with Crippen LogP contribution in [-0.4, -0.2) is 38.3 Å². The standard InChI is InChI=1S/C7H5F3O2S.Na/c8-7(9,10)5-2-1-3-6(4-5)13(11)12;/h1-4H,(H,11,12);. The molecule has 0 aliphatic heterocycles. The number of rotatable bonds is 1. The Kier molecular flexibility index (Phi) is 5.32. The first-order valence-electron chi connectivity index (χ1n) is 3.19. The molecule has 14 heavy (non-hydrogen) atoms. The number of hydrogen-bond donors (Lipinski definition) is 1. The Hall–Kier alpha value is 0.120. The van der Waals surface area contributed by atoms with Crippen molar-refractivity contribution in [2.45, 2.75) is 11.1 Å². The van der Waals surface area contributed by atoms with Crippen molar-refractivity contribution >= 4 is 40.6 Å². The molecule has 0 heterocycles. The van der Waals surface area contributed by atoms with E-state index in [4.69, 9.17) is 4.55 Å².